The monoisotopic (exact) mass is 483 g/mol. The molecule has 2 aromatic carbocycles. The Kier molecular flexibility index (Phi) is 7.09. The molecule has 1 N–H and O–H groups in total. The molecule has 2 amide bonds. The number of carbonyl (C=O) groups is 2. The highest BCUT2D eigenvalue weighted by Gasteiger charge is 2.34. The second-order valence-electron chi connectivity index (χ2n) is 9.44. The van der Waals surface area contributed by atoms with E-state index in [0.29, 0.717) is 38.9 Å². The minimum Gasteiger partial charge on any atom is -0.356 e. The number of amides is 2. The summed E-state index contributed by atoms with van der Waals surface area (Å²) in [7, 11) is -3.65. The van der Waals surface area contributed by atoms with Crippen molar-refractivity contribution in [2.24, 2.45) is 5.92 Å². The first-order valence-electron chi connectivity index (χ1n) is 11.9. The van der Waals surface area contributed by atoms with Crippen molar-refractivity contribution < 1.29 is 18.0 Å². The van der Waals surface area contributed by atoms with E-state index in [4.69, 9.17) is 0 Å². The predicted octanol–water partition coefficient (Wildman–Crippen LogP) is 3.05. The van der Waals surface area contributed by atoms with E-state index in [0.717, 1.165) is 17.7 Å². The van der Waals surface area contributed by atoms with Crippen molar-refractivity contribution in [3.05, 3.63) is 59.2 Å². The van der Waals surface area contributed by atoms with Crippen LogP contribution in [-0.2, 0) is 32.5 Å². The van der Waals surface area contributed by atoms with Crippen LogP contribution in [0.25, 0.3) is 0 Å². The van der Waals surface area contributed by atoms with Gasteiger partial charge in [0.25, 0.3) is 0 Å². The van der Waals surface area contributed by atoms with E-state index in [9.17, 15) is 18.0 Å². The number of rotatable bonds is 6. The van der Waals surface area contributed by atoms with Crippen molar-refractivity contribution >= 4 is 27.5 Å². The van der Waals surface area contributed by atoms with Gasteiger partial charge in [-0.15, -0.1) is 0 Å². The number of nitrogens with zero attached hydrogens (tertiary/aromatic N) is 2. The molecule has 1 fully saturated rings. The van der Waals surface area contributed by atoms with Crippen LogP contribution < -0.4 is 10.2 Å². The van der Waals surface area contributed by atoms with E-state index in [1.807, 2.05) is 13.8 Å². The Morgan fingerprint density at radius 2 is 1.74 bits per heavy atom. The van der Waals surface area contributed by atoms with Gasteiger partial charge in [0, 0.05) is 44.2 Å². The normalized spacial score (nSPS) is 19.1. The molecule has 2 aliphatic rings. The third kappa shape index (κ3) is 5.03. The van der Waals surface area contributed by atoms with Gasteiger partial charge < -0.3 is 10.2 Å². The summed E-state index contributed by atoms with van der Waals surface area (Å²) in [5.74, 6) is -0.212. The number of benzene rings is 2. The second-order valence-corrected chi connectivity index (χ2v) is 11.4. The van der Waals surface area contributed by atoms with Crippen molar-refractivity contribution in [1.82, 2.24) is 9.62 Å². The number of anilines is 1. The van der Waals surface area contributed by atoms with Gasteiger partial charge >= 0.3 is 0 Å². The van der Waals surface area contributed by atoms with E-state index in [1.165, 1.54) is 22.4 Å². The largest absolute Gasteiger partial charge is 0.356 e. The molecule has 182 valence electrons. The number of piperidine rings is 1. The zero-order valence-corrected chi connectivity index (χ0v) is 20.9. The van der Waals surface area contributed by atoms with Crippen molar-refractivity contribution in [3.8, 4) is 0 Å². The highest BCUT2D eigenvalue weighted by atomic mass is 32.2. The van der Waals surface area contributed by atoms with Crippen LogP contribution in [0.4, 0.5) is 5.69 Å². The summed E-state index contributed by atoms with van der Waals surface area (Å²) in [6.45, 7) is 6.76. The molecule has 0 bridgehead atoms. The third-order valence-electron chi connectivity index (χ3n) is 6.90. The zero-order valence-electron chi connectivity index (χ0n) is 20.1. The maximum Gasteiger partial charge on any atom is 0.243 e. The highest BCUT2D eigenvalue weighted by Crippen LogP contribution is 2.35. The Morgan fingerprint density at radius 3 is 2.38 bits per heavy atom. The Hall–Kier alpha value is -2.71. The summed E-state index contributed by atoms with van der Waals surface area (Å²) in [6, 6.07) is 13.3. The van der Waals surface area contributed by atoms with Gasteiger partial charge in [0.15, 0.2) is 0 Å². The molecule has 34 heavy (non-hydrogen) atoms. The highest BCUT2D eigenvalue weighted by molar-refractivity contribution is 7.89. The standard InChI is InChI=1S/C26H33N3O4S/c1-18-4-6-21(7-5-18)10-13-27-26(31)22-11-14-28(15-12-22)34(32,33)24-8-9-25-23(17-24)16-19(2)29(25)20(3)30/h4-9,17,19,22H,10-16H2,1-3H3,(H,27,31). The third-order valence-corrected chi connectivity index (χ3v) is 8.80. The zero-order chi connectivity index (χ0) is 24.5. The van der Waals surface area contributed by atoms with Gasteiger partial charge in [0.05, 0.1) is 4.90 Å². The molecule has 1 atom stereocenters. The van der Waals surface area contributed by atoms with Gasteiger partial charge in [-0.05, 0) is 68.9 Å². The van der Waals surface area contributed by atoms with Crippen molar-refractivity contribution in [3.63, 3.8) is 0 Å². The number of fused-ring (bicyclic) bond motifs is 1. The van der Waals surface area contributed by atoms with Crippen LogP contribution in [0.15, 0.2) is 47.4 Å². The SMILES string of the molecule is CC(=O)N1c2ccc(S(=O)(=O)N3CCC(C(=O)NCCc4ccc(C)cc4)CC3)cc2CC1C. The Labute approximate surface area is 202 Å². The molecule has 2 aliphatic heterocycles. The van der Waals surface area contributed by atoms with Crippen LogP contribution in [-0.4, -0.2) is 50.2 Å². The average Bonchev–Trinajstić information content (AvgIpc) is 3.15. The van der Waals surface area contributed by atoms with E-state index < -0.39 is 10.0 Å². The molecule has 7 nitrogen and oxygen atoms in total. The molecule has 2 heterocycles. The maximum atomic E-state index is 13.3. The molecule has 0 saturated carbocycles. The smallest absolute Gasteiger partial charge is 0.243 e. The number of hydrogen-bond donors (Lipinski definition) is 1. The van der Waals surface area contributed by atoms with Gasteiger partial charge in [0.1, 0.15) is 0 Å². The molecule has 0 aliphatic carbocycles. The lowest BCUT2D eigenvalue weighted by atomic mass is 9.97. The number of hydrogen-bond acceptors (Lipinski definition) is 4. The first kappa shape index (κ1) is 24.4. The summed E-state index contributed by atoms with van der Waals surface area (Å²) in [4.78, 5) is 26.5. The summed E-state index contributed by atoms with van der Waals surface area (Å²) in [5.41, 5.74) is 4.07. The van der Waals surface area contributed by atoms with E-state index in [2.05, 4.69) is 29.6 Å². The molecular formula is C26H33N3O4S. The van der Waals surface area contributed by atoms with Gasteiger partial charge in [0.2, 0.25) is 21.8 Å². The molecular weight excluding hydrogens is 450 g/mol. The predicted molar refractivity (Wildman–Crippen MR) is 132 cm³/mol. The lowest BCUT2D eigenvalue weighted by molar-refractivity contribution is -0.126. The lowest BCUT2D eigenvalue weighted by Gasteiger charge is -2.30. The van der Waals surface area contributed by atoms with Crippen LogP contribution in [0.1, 0.15) is 43.4 Å². The topological polar surface area (TPSA) is 86.8 Å². The fraction of sp³-hybridized carbons (Fsp3) is 0.462. The second kappa shape index (κ2) is 9.88. The number of aryl methyl sites for hydroxylation is 1. The van der Waals surface area contributed by atoms with Gasteiger partial charge in [-0.2, -0.15) is 4.31 Å². The Morgan fingerprint density at radius 1 is 1.06 bits per heavy atom. The molecule has 4 rings (SSSR count). The van der Waals surface area contributed by atoms with Crippen LogP contribution in [0.2, 0.25) is 0 Å². The fourth-order valence-corrected chi connectivity index (χ4v) is 6.51. The number of carbonyl (C=O) groups excluding carboxylic acids is 2. The van der Waals surface area contributed by atoms with E-state index >= 15 is 0 Å². The fourth-order valence-electron chi connectivity index (χ4n) is 4.98. The van der Waals surface area contributed by atoms with Crippen LogP contribution in [0.5, 0.6) is 0 Å². The first-order chi connectivity index (χ1) is 16.2. The van der Waals surface area contributed by atoms with Crippen LogP contribution in [0.3, 0.4) is 0 Å². The van der Waals surface area contributed by atoms with Gasteiger partial charge in [-0.25, -0.2) is 8.42 Å². The minimum absolute atomic E-state index is 0.00000201. The van der Waals surface area contributed by atoms with E-state index in [1.54, 1.807) is 23.1 Å². The molecule has 2 aromatic rings. The molecule has 8 heteroatoms. The lowest BCUT2D eigenvalue weighted by Crippen LogP contribution is -2.43. The minimum atomic E-state index is -3.65. The molecule has 0 radical (unpaired) electrons. The first-order valence-corrected chi connectivity index (χ1v) is 13.4. The van der Waals surface area contributed by atoms with Crippen LogP contribution >= 0.6 is 0 Å². The van der Waals surface area contributed by atoms with Crippen molar-refractivity contribution in [1.29, 1.82) is 0 Å². The Balaban J connectivity index is 1.33. The summed E-state index contributed by atoms with van der Waals surface area (Å²) >= 11 is 0. The van der Waals surface area contributed by atoms with Crippen molar-refractivity contribution in [2.75, 3.05) is 24.5 Å². The van der Waals surface area contributed by atoms with Gasteiger partial charge in [-0.1, -0.05) is 29.8 Å². The van der Waals surface area contributed by atoms with E-state index in [-0.39, 0.29) is 28.7 Å². The quantitative estimate of drug-likeness (QED) is 0.684. The molecule has 1 unspecified atom stereocenters. The molecule has 0 spiro atoms. The Bertz CT molecular complexity index is 1170. The number of sulfonamides is 1. The average molecular weight is 484 g/mol. The summed E-state index contributed by atoms with van der Waals surface area (Å²) in [5, 5.41) is 3.01. The summed E-state index contributed by atoms with van der Waals surface area (Å²) in [6.07, 6.45) is 2.44. The van der Waals surface area contributed by atoms with Crippen molar-refractivity contribution in [2.45, 2.75) is 57.4 Å². The molecule has 0 aromatic heterocycles. The van der Waals surface area contributed by atoms with Gasteiger partial charge in [-0.3, -0.25) is 9.59 Å². The summed E-state index contributed by atoms with van der Waals surface area (Å²) < 4.78 is 28.0. The maximum absolute atomic E-state index is 13.3. The number of nitrogens with one attached hydrogen (secondary N) is 1. The van der Waals surface area contributed by atoms with Crippen LogP contribution in [0, 0.1) is 12.8 Å². The molecule has 1 saturated heterocycles.